The van der Waals surface area contributed by atoms with E-state index < -0.39 is 0 Å². The van der Waals surface area contributed by atoms with Gasteiger partial charge in [0.05, 0.1) is 0 Å². The van der Waals surface area contributed by atoms with E-state index in [9.17, 15) is 4.39 Å². The molecule has 2 aromatic carbocycles. The Bertz CT molecular complexity index is 882. The van der Waals surface area contributed by atoms with Crippen molar-refractivity contribution in [2.75, 3.05) is 6.61 Å². The fourth-order valence-corrected chi connectivity index (χ4v) is 5.44. The SMILES string of the molecule is C=CC1CCC2CC(c3ccc(-c4ccc(OC/C=C/C)cc4F)cc3)CCC2C1. The molecule has 0 saturated heterocycles. The molecule has 2 aliphatic carbocycles. The fraction of sp³-hybridized carbons (Fsp3) is 0.429. The second-order valence-electron chi connectivity index (χ2n) is 8.98. The molecular formula is C28H33FO. The molecule has 30 heavy (non-hydrogen) atoms. The van der Waals surface area contributed by atoms with Crippen LogP contribution in [0.2, 0.25) is 0 Å². The molecule has 158 valence electrons. The maximum atomic E-state index is 14.6. The van der Waals surface area contributed by atoms with Crippen molar-refractivity contribution in [1.82, 2.24) is 0 Å². The average Bonchev–Trinajstić information content (AvgIpc) is 2.79. The predicted molar refractivity (Wildman–Crippen MR) is 123 cm³/mol. The average molecular weight is 405 g/mol. The fourth-order valence-electron chi connectivity index (χ4n) is 5.44. The Hall–Kier alpha value is -2.35. The highest BCUT2D eigenvalue weighted by Gasteiger charge is 2.35. The first kappa shape index (κ1) is 20.9. The van der Waals surface area contributed by atoms with E-state index in [1.54, 1.807) is 0 Å². The summed E-state index contributed by atoms with van der Waals surface area (Å²) in [6, 6.07) is 13.7. The molecule has 2 heteroatoms. The molecule has 0 aromatic heterocycles. The molecule has 2 fully saturated rings. The zero-order valence-electron chi connectivity index (χ0n) is 18.0. The van der Waals surface area contributed by atoms with Gasteiger partial charge < -0.3 is 4.74 Å². The lowest BCUT2D eigenvalue weighted by Crippen LogP contribution is -2.29. The van der Waals surface area contributed by atoms with Gasteiger partial charge >= 0.3 is 0 Å². The van der Waals surface area contributed by atoms with Crippen LogP contribution in [0, 0.1) is 23.6 Å². The molecule has 4 unspecified atom stereocenters. The Kier molecular flexibility index (Phi) is 6.72. The van der Waals surface area contributed by atoms with Crippen molar-refractivity contribution in [3.63, 3.8) is 0 Å². The normalized spacial score (nSPS) is 26.3. The number of allylic oxidation sites excluding steroid dienone is 2. The van der Waals surface area contributed by atoms with E-state index in [2.05, 4.69) is 36.9 Å². The van der Waals surface area contributed by atoms with E-state index in [1.165, 1.54) is 50.2 Å². The molecule has 0 aliphatic heterocycles. The molecule has 0 heterocycles. The number of hydrogen-bond acceptors (Lipinski definition) is 1. The van der Waals surface area contributed by atoms with Gasteiger partial charge in [-0.05, 0) is 92.4 Å². The largest absolute Gasteiger partial charge is 0.489 e. The van der Waals surface area contributed by atoms with Crippen molar-refractivity contribution in [3.8, 4) is 16.9 Å². The summed E-state index contributed by atoms with van der Waals surface area (Å²) in [6.45, 7) is 6.41. The maximum absolute atomic E-state index is 14.6. The van der Waals surface area contributed by atoms with E-state index in [0.29, 0.717) is 23.8 Å². The van der Waals surface area contributed by atoms with Gasteiger partial charge in [0.1, 0.15) is 18.2 Å². The first-order valence-electron chi connectivity index (χ1n) is 11.4. The Balaban J connectivity index is 1.41. The molecule has 2 aromatic rings. The second-order valence-corrected chi connectivity index (χ2v) is 8.98. The summed E-state index contributed by atoms with van der Waals surface area (Å²) in [5.74, 6) is 3.46. The number of fused-ring (bicyclic) bond motifs is 1. The van der Waals surface area contributed by atoms with Gasteiger partial charge in [0.2, 0.25) is 0 Å². The number of rotatable bonds is 6. The molecule has 0 spiro atoms. The Morgan fingerprint density at radius 1 is 1.00 bits per heavy atom. The van der Waals surface area contributed by atoms with Crippen molar-refractivity contribution in [3.05, 3.63) is 78.7 Å². The summed E-state index contributed by atoms with van der Waals surface area (Å²) in [7, 11) is 0. The van der Waals surface area contributed by atoms with Crippen molar-refractivity contribution in [2.24, 2.45) is 17.8 Å². The van der Waals surface area contributed by atoms with Gasteiger partial charge in [-0.25, -0.2) is 4.39 Å². The van der Waals surface area contributed by atoms with Gasteiger partial charge in [-0.15, -0.1) is 6.58 Å². The minimum atomic E-state index is -0.236. The smallest absolute Gasteiger partial charge is 0.134 e. The summed E-state index contributed by atoms with van der Waals surface area (Å²) in [5.41, 5.74) is 2.97. The number of benzene rings is 2. The molecule has 1 nitrogen and oxygen atoms in total. The zero-order valence-corrected chi connectivity index (χ0v) is 18.0. The maximum Gasteiger partial charge on any atom is 0.134 e. The lowest BCUT2D eigenvalue weighted by Gasteiger charge is -2.41. The van der Waals surface area contributed by atoms with E-state index in [4.69, 9.17) is 4.74 Å². The molecule has 0 N–H and O–H groups in total. The number of hydrogen-bond donors (Lipinski definition) is 0. The van der Waals surface area contributed by atoms with Gasteiger partial charge in [0.25, 0.3) is 0 Å². The van der Waals surface area contributed by atoms with E-state index in [-0.39, 0.29) is 5.82 Å². The van der Waals surface area contributed by atoms with E-state index in [1.807, 2.05) is 31.2 Å². The number of halogens is 1. The minimum absolute atomic E-state index is 0.236. The van der Waals surface area contributed by atoms with Crippen LogP contribution >= 0.6 is 0 Å². The van der Waals surface area contributed by atoms with E-state index in [0.717, 1.165) is 23.3 Å². The molecular weight excluding hydrogens is 371 g/mol. The van der Waals surface area contributed by atoms with Crippen LogP contribution in [0.25, 0.3) is 11.1 Å². The van der Waals surface area contributed by atoms with Gasteiger partial charge in [-0.3, -0.25) is 0 Å². The quantitative estimate of drug-likeness (QED) is 0.444. The standard InChI is InChI=1S/C28H33FO/c1-3-5-16-30-26-14-15-27(28(29)19-26)22-10-8-21(9-11-22)24-13-12-23-17-20(4-2)6-7-25(23)18-24/h3-5,8-11,14-15,19-20,23-25H,2,6-7,12-13,16-18H2,1H3/b5-3+. The van der Waals surface area contributed by atoms with Gasteiger partial charge in [0.15, 0.2) is 0 Å². The monoisotopic (exact) mass is 404 g/mol. The van der Waals surface area contributed by atoms with Crippen molar-refractivity contribution >= 4 is 0 Å². The third-order valence-electron chi connectivity index (χ3n) is 7.20. The first-order valence-corrected chi connectivity index (χ1v) is 11.4. The van der Waals surface area contributed by atoms with Crippen LogP contribution in [0.3, 0.4) is 0 Å². The van der Waals surface area contributed by atoms with Crippen LogP contribution in [0.5, 0.6) is 5.75 Å². The van der Waals surface area contributed by atoms with E-state index >= 15 is 0 Å². The Morgan fingerprint density at radius 3 is 2.50 bits per heavy atom. The molecule has 0 bridgehead atoms. The molecule has 4 atom stereocenters. The van der Waals surface area contributed by atoms with Crippen LogP contribution in [0.4, 0.5) is 4.39 Å². The minimum Gasteiger partial charge on any atom is -0.489 e. The third kappa shape index (κ3) is 4.69. The summed E-state index contributed by atoms with van der Waals surface area (Å²) in [5, 5.41) is 0. The summed E-state index contributed by atoms with van der Waals surface area (Å²) in [4.78, 5) is 0. The van der Waals surface area contributed by atoms with Crippen LogP contribution < -0.4 is 4.74 Å². The van der Waals surface area contributed by atoms with Gasteiger partial charge in [0, 0.05) is 11.6 Å². The first-order chi connectivity index (χ1) is 14.7. The Labute approximate surface area is 180 Å². The van der Waals surface area contributed by atoms with Crippen molar-refractivity contribution in [2.45, 2.75) is 51.4 Å². The van der Waals surface area contributed by atoms with Crippen molar-refractivity contribution in [1.29, 1.82) is 0 Å². The van der Waals surface area contributed by atoms with Gasteiger partial charge in [-0.2, -0.15) is 0 Å². The molecule has 4 rings (SSSR count). The zero-order chi connectivity index (χ0) is 20.9. The summed E-state index contributed by atoms with van der Waals surface area (Å²) in [6.07, 6.45) is 13.9. The highest BCUT2D eigenvalue weighted by molar-refractivity contribution is 5.65. The summed E-state index contributed by atoms with van der Waals surface area (Å²) < 4.78 is 20.2. The lowest BCUT2D eigenvalue weighted by atomic mass is 9.64. The van der Waals surface area contributed by atoms with Crippen LogP contribution in [-0.4, -0.2) is 6.61 Å². The lowest BCUT2D eigenvalue weighted by molar-refractivity contribution is 0.133. The molecule has 2 saturated carbocycles. The topological polar surface area (TPSA) is 9.23 Å². The highest BCUT2D eigenvalue weighted by atomic mass is 19.1. The molecule has 0 radical (unpaired) electrons. The van der Waals surface area contributed by atoms with Crippen LogP contribution in [-0.2, 0) is 0 Å². The van der Waals surface area contributed by atoms with Crippen LogP contribution in [0.1, 0.15) is 56.9 Å². The van der Waals surface area contributed by atoms with Crippen molar-refractivity contribution < 1.29 is 9.13 Å². The second kappa shape index (κ2) is 9.64. The highest BCUT2D eigenvalue weighted by Crippen LogP contribution is 2.47. The number of ether oxygens (including phenoxy) is 1. The third-order valence-corrected chi connectivity index (χ3v) is 7.20. The summed E-state index contributed by atoms with van der Waals surface area (Å²) >= 11 is 0. The Morgan fingerprint density at radius 2 is 1.77 bits per heavy atom. The van der Waals surface area contributed by atoms with Gasteiger partial charge in [-0.1, -0.05) is 42.5 Å². The predicted octanol–water partition coefficient (Wildman–Crippen LogP) is 7.93. The molecule has 0 amide bonds. The van der Waals surface area contributed by atoms with Crippen LogP contribution in [0.15, 0.2) is 67.3 Å². The molecule has 2 aliphatic rings.